The van der Waals surface area contributed by atoms with Crippen LogP contribution in [-0.2, 0) is 0 Å². The average Bonchev–Trinajstić information content (AvgIpc) is 2.74. The molecule has 0 saturated carbocycles. The lowest BCUT2D eigenvalue weighted by molar-refractivity contribution is 0.0760. The molecule has 1 aromatic rings. The van der Waals surface area contributed by atoms with E-state index >= 15 is 0 Å². The molecule has 4 nitrogen and oxygen atoms in total. The van der Waals surface area contributed by atoms with Crippen LogP contribution in [0.4, 0.5) is 0 Å². The van der Waals surface area contributed by atoms with E-state index in [4.69, 9.17) is 23.2 Å². The lowest BCUT2D eigenvalue weighted by Crippen LogP contribution is -2.29. The number of rotatable bonds is 1. The Hall–Kier alpha value is -0.710. The van der Waals surface area contributed by atoms with Crippen molar-refractivity contribution in [1.82, 2.24) is 9.88 Å². The fraction of sp³-hybridized carbons (Fsp3) is 0.444. The molecule has 1 unspecified atom stereocenters. The van der Waals surface area contributed by atoms with E-state index in [9.17, 15) is 9.90 Å². The summed E-state index contributed by atoms with van der Waals surface area (Å²) >= 11 is 11.4. The van der Waals surface area contributed by atoms with Gasteiger partial charge in [-0.1, -0.05) is 23.2 Å². The Morgan fingerprint density at radius 3 is 2.80 bits per heavy atom. The van der Waals surface area contributed by atoms with Gasteiger partial charge in [-0.15, -0.1) is 0 Å². The monoisotopic (exact) mass is 248 g/mol. The molecule has 1 fully saturated rings. The Kier molecular flexibility index (Phi) is 2.91. The number of aliphatic hydroxyl groups excluding tert-OH is 1. The van der Waals surface area contributed by atoms with E-state index in [1.807, 2.05) is 0 Å². The number of β-amino-alcohol motifs (C(OH)–C–C–N with tert-alkyl or cyclic N) is 1. The number of amides is 1. The normalized spacial score (nSPS) is 21.0. The minimum Gasteiger partial charge on any atom is -0.391 e. The molecule has 0 aromatic carbocycles. The van der Waals surface area contributed by atoms with Crippen molar-refractivity contribution < 1.29 is 9.90 Å². The van der Waals surface area contributed by atoms with Crippen LogP contribution in [0.5, 0.6) is 0 Å². The first-order valence-corrected chi connectivity index (χ1v) is 5.35. The molecule has 0 aliphatic carbocycles. The zero-order valence-corrected chi connectivity index (χ0v) is 9.35. The van der Waals surface area contributed by atoms with Crippen molar-refractivity contribution in [2.24, 2.45) is 0 Å². The molecule has 1 atom stereocenters. The number of carbonyl (C=O) groups is 1. The third-order valence-electron chi connectivity index (χ3n) is 2.41. The van der Waals surface area contributed by atoms with Crippen LogP contribution >= 0.6 is 23.2 Å². The average molecular weight is 249 g/mol. The van der Waals surface area contributed by atoms with Crippen molar-refractivity contribution in [1.29, 1.82) is 0 Å². The predicted octanol–water partition coefficient (Wildman–Crippen LogP) is 1.53. The quantitative estimate of drug-likeness (QED) is 0.792. The summed E-state index contributed by atoms with van der Waals surface area (Å²) in [6.07, 6.45) is 0.198. The van der Waals surface area contributed by atoms with Gasteiger partial charge in [-0.05, 0) is 12.5 Å². The molecule has 1 aromatic heterocycles. The van der Waals surface area contributed by atoms with Crippen LogP contribution in [0.3, 0.4) is 0 Å². The summed E-state index contributed by atoms with van der Waals surface area (Å²) in [5.41, 5.74) is 0.360. The zero-order valence-electron chi connectivity index (χ0n) is 7.83. The Morgan fingerprint density at radius 1 is 1.60 bits per heavy atom. The second-order valence-electron chi connectivity index (χ2n) is 3.54. The van der Waals surface area contributed by atoms with Gasteiger partial charge in [0.2, 0.25) is 0 Å². The van der Waals surface area contributed by atoms with Crippen molar-refractivity contribution in [3.63, 3.8) is 0 Å². The zero-order chi connectivity index (χ0) is 11.0. The Morgan fingerprint density at radius 2 is 2.33 bits per heavy atom. The largest absolute Gasteiger partial charge is 0.391 e. The van der Waals surface area contributed by atoms with Crippen molar-refractivity contribution in [3.05, 3.63) is 21.9 Å². The fourth-order valence-electron chi connectivity index (χ4n) is 1.62. The molecule has 1 saturated heterocycles. The number of carbonyl (C=O) groups excluding carboxylic acids is 1. The van der Waals surface area contributed by atoms with Crippen LogP contribution in [0.25, 0.3) is 0 Å². The number of hydrogen-bond donors (Lipinski definition) is 2. The van der Waals surface area contributed by atoms with Gasteiger partial charge >= 0.3 is 0 Å². The Balaban J connectivity index is 2.14. The second-order valence-corrected chi connectivity index (χ2v) is 4.32. The number of aromatic amines is 1. The van der Waals surface area contributed by atoms with E-state index in [1.165, 1.54) is 6.07 Å². The standard InChI is InChI=1S/C9H10Cl2N2O2/c10-6-3-7(12-8(6)11)9(15)13-2-1-5(14)4-13/h3,5,12,14H,1-2,4H2. The van der Waals surface area contributed by atoms with Gasteiger partial charge in [0.25, 0.3) is 5.91 Å². The van der Waals surface area contributed by atoms with E-state index in [-0.39, 0.29) is 11.1 Å². The Bertz CT molecular complexity index is 372. The maximum atomic E-state index is 11.8. The number of halogens is 2. The highest BCUT2D eigenvalue weighted by atomic mass is 35.5. The number of hydrogen-bond acceptors (Lipinski definition) is 2. The lowest BCUT2D eigenvalue weighted by atomic mass is 10.3. The molecule has 6 heteroatoms. The van der Waals surface area contributed by atoms with Gasteiger partial charge in [-0.25, -0.2) is 0 Å². The van der Waals surface area contributed by atoms with Gasteiger partial charge in [0.15, 0.2) is 0 Å². The third-order valence-corrected chi connectivity index (χ3v) is 3.10. The first kappa shape index (κ1) is 10.8. The first-order chi connectivity index (χ1) is 7.08. The minimum absolute atomic E-state index is 0.180. The van der Waals surface area contributed by atoms with Gasteiger partial charge in [-0.2, -0.15) is 0 Å². The molecule has 2 N–H and O–H groups in total. The van der Waals surface area contributed by atoms with Crippen molar-refractivity contribution >= 4 is 29.1 Å². The van der Waals surface area contributed by atoms with E-state index in [1.54, 1.807) is 4.90 Å². The number of nitrogens with zero attached hydrogens (tertiary/aromatic N) is 1. The topological polar surface area (TPSA) is 56.3 Å². The highest BCUT2D eigenvalue weighted by Gasteiger charge is 2.26. The summed E-state index contributed by atoms with van der Waals surface area (Å²) in [7, 11) is 0. The van der Waals surface area contributed by atoms with Gasteiger partial charge in [0.1, 0.15) is 10.8 Å². The predicted molar refractivity (Wildman–Crippen MR) is 57.3 cm³/mol. The van der Waals surface area contributed by atoms with Crippen molar-refractivity contribution in [2.75, 3.05) is 13.1 Å². The summed E-state index contributed by atoms with van der Waals surface area (Å²) in [5.74, 6) is -0.180. The van der Waals surface area contributed by atoms with E-state index < -0.39 is 6.10 Å². The van der Waals surface area contributed by atoms with Gasteiger partial charge < -0.3 is 15.0 Å². The first-order valence-electron chi connectivity index (χ1n) is 4.59. The summed E-state index contributed by atoms with van der Waals surface area (Å²) in [6, 6.07) is 1.50. The van der Waals surface area contributed by atoms with Crippen LogP contribution in [0.1, 0.15) is 16.9 Å². The third kappa shape index (κ3) is 2.12. The molecule has 2 heterocycles. The molecule has 15 heavy (non-hydrogen) atoms. The molecule has 0 bridgehead atoms. The van der Waals surface area contributed by atoms with E-state index in [0.29, 0.717) is 30.2 Å². The van der Waals surface area contributed by atoms with Gasteiger partial charge in [-0.3, -0.25) is 4.79 Å². The molecule has 2 rings (SSSR count). The van der Waals surface area contributed by atoms with Crippen LogP contribution in [0.15, 0.2) is 6.07 Å². The van der Waals surface area contributed by atoms with E-state index in [2.05, 4.69) is 4.98 Å². The van der Waals surface area contributed by atoms with E-state index in [0.717, 1.165) is 0 Å². The molecule has 82 valence electrons. The van der Waals surface area contributed by atoms with Crippen LogP contribution < -0.4 is 0 Å². The number of likely N-dealkylation sites (tertiary alicyclic amines) is 1. The lowest BCUT2D eigenvalue weighted by Gasteiger charge is -2.13. The van der Waals surface area contributed by atoms with Gasteiger partial charge in [0.05, 0.1) is 11.1 Å². The summed E-state index contributed by atoms with van der Waals surface area (Å²) in [6.45, 7) is 0.932. The highest BCUT2D eigenvalue weighted by Crippen LogP contribution is 2.23. The number of H-pyrrole nitrogens is 1. The fourth-order valence-corrected chi connectivity index (χ4v) is 1.93. The summed E-state index contributed by atoms with van der Waals surface area (Å²) < 4.78 is 0. The van der Waals surface area contributed by atoms with Crippen LogP contribution in [-0.4, -0.2) is 40.1 Å². The molecular weight excluding hydrogens is 239 g/mol. The number of aromatic nitrogens is 1. The molecule has 1 aliphatic rings. The summed E-state index contributed by atoms with van der Waals surface area (Å²) in [4.78, 5) is 16.1. The highest BCUT2D eigenvalue weighted by molar-refractivity contribution is 6.41. The second kappa shape index (κ2) is 4.04. The summed E-state index contributed by atoms with van der Waals surface area (Å²) in [5, 5.41) is 9.90. The molecule has 0 radical (unpaired) electrons. The molecular formula is C9H10Cl2N2O2. The number of nitrogens with one attached hydrogen (secondary N) is 1. The van der Waals surface area contributed by atoms with Crippen molar-refractivity contribution in [2.45, 2.75) is 12.5 Å². The Labute approximate surface area is 96.8 Å². The number of aliphatic hydroxyl groups is 1. The molecule has 0 spiro atoms. The SMILES string of the molecule is O=C(c1cc(Cl)c(Cl)[nH]1)N1CCC(O)C1. The maximum Gasteiger partial charge on any atom is 0.270 e. The van der Waals surface area contributed by atoms with Crippen molar-refractivity contribution in [3.8, 4) is 0 Å². The molecule has 1 aliphatic heterocycles. The molecule has 1 amide bonds. The van der Waals surface area contributed by atoms with Crippen LogP contribution in [0, 0.1) is 0 Å². The maximum absolute atomic E-state index is 11.8. The minimum atomic E-state index is -0.421. The van der Waals surface area contributed by atoms with Crippen LogP contribution in [0.2, 0.25) is 10.2 Å². The van der Waals surface area contributed by atoms with Gasteiger partial charge in [0, 0.05) is 13.1 Å². The smallest absolute Gasteiger partial charge is 0.270 e.